The number of sulfonamides is 1. The van der Waals surface area contributed by atoms with Crippen LogP contribution in [0.25, 0.3) is 0 Å². The molecular weight excluding hydrogens is 448 g/mol. The maximum Gasteiger partial charge on any atom is 0.232 e. The minimum Gasteiger partial charge on any atom is -0.349 e. The van der Waals surface area contributed by atoms with E-state index in [0.717, 1.165) is 29.2 Å². The lowest BCUT2D eigenvalue weighted by molar-refractivity contribution is -0.121. The van der Waals surface area contributed by atoms with Crippen LogP contribution in [-0.2, 0) is 24.7 Å². The summed E-state index contributed by atoms with van der Waals surface area (Å²) in [6, 6.07) is 11.8. The van der Waals surface area contributed by atoms with E-state index in [1.807, 2.05) is 39.0 Å². The molecular formula is C23H32N2O5S2. The van der Waals surface area contributed by atoms with Gasteiger partial charge in [0.25, 0.3) is 0 Å². The molecule has 0 heterocycles. The molecule has 2 aromatic carbocycles. The standard InChI is InChI=1S/C23H32N2O5S2/c1-6-22(19-9-11-21(12-10-19)31(4,27)28)24-23(26)8-7-13-25(32(5,29)30)20-15-17(2)14-18(3)16-20/h9-12,14-16,22H,6-8,13H2,1-5H3,(H,24,26)/t22-/m0/s1. The summed E-state index contributed by atoms with van der Waals surface area (Å²) in [4.78, 5) is 12.7. The number of rotatable bonds is 10. The number of nitrogens with one attached hydrogen (secondary N) is 1. The zero-order valence-corrected chi connectivity index (χ0v) is 20.9. The van der Waals surface area contributed by atoms with Crippen molar-refractivity contribution in [3.8, 4) is 0 Å². The molecule has 7 nitrogen and oxygen atoms in total. The molecule has 0 unspecified atom stereocenters. The number of sulfone groups is 1. The van der Waals surface area contributed by atoms with Gasteiger partial charge in [0.15, 0.2) is 9.84 Å². The van der Waals surface area contributed by atoms with Gasteiger partial charge in [-0.2, -0.15) is 0 Å². The maximum atomic E-state index is 12.5. The predicted molar refractivity (Wildman–Crippen MR) is 128 cm³/mol. The van der Waals surface area contributed by atoms with Gasteiger partial charge in [-0.05, 0) is 67.6 Å². The highest BCUT2D eigenvalue weighted by molar-refractivity contribution is 7.92. The Morgan fingerprint density at radius 1 is 0.969 bits per heavy atom. The summed E-state index contributed by atoms with van der Waals surface area (Å²) in [7, 11) is -6.76. The largest absolute Gasteiger partial charge is 0.349 e. The average molecular weight is 481 g/mol. The molecule has 0 aliphatic carbocycles. The molecule has 0 aliphatic rings. The first-order valence-corrected chi connectivity index (χ1v) is 14.2. The van der Waals surface area contributed by atoms with Gasteiger partial charge in [-0.3, -0.25) is 9.10 Å². The molecule has 0 bridgehead atoms. The molecule has 0 aromatic heterocycles. The van der Waals surface area contributed by atoms with Gasteiger partial charge in [-0.1, -0.05) is 25.1 Å². The Hall–Kier alpha value is -2.39. The van der Waals surface area contributed by atoms with Crippen LogP contribution in [0.1, 0.15) is 48.9 Å². The molecule has 176 valence electrons. The van der Waals surface area contributed by atoms with Crippen molar-refractivity contribution >= 4 is 31.5 Å². The van der Waals surface area contributed by atoms with E-state index < -0.39 is 19.9 Å². The van der Waals surface area contributed by atoms with Gasteiger partial charge < -0.3 is 5.32 Å². The molecule has 0 saturated heterocycles. The number of carbonyl (C=O) groups excluding carboxylic acids is 1. The van der Waals surface area contributed by atoms with Crippen LogP contribution in [0.2, 0.25) is 0 Å². The van der Waals surface area contributed by atoms with Crippen molar-refractivity contribution in [1.29, 1.82) is 0 Å². The Morgan fingerprint density at radius 2 is 1.53 bits per heavy atom. The summed E-state index contributed by atoms with van der Waals surface area (Å²) in [5, 5.41) is 2.96. The van der Waals surface area contributed by atoms with E-state index in [1.165, 1.54) is 16.4 Å². The van der Waals surface area contributed by atoms with E-state index in [4.69, 9.17) is 0 Å². The fourth-order valence-electron chi connectivity index (χ4n) is 3.60. The molecule has 0 spiro atoms. The van der Waals surface area contributed by atoms with E-state index in [-0.39, 0.29) is 29.8 Å². The van der Waals surface area contributed by atoms with E-state index in [0.29, 0.717) is 18.5 Å². The quantitative estimate of drug-likeness (QED) is 0.561. The van der Waals surface area contributed by atoms with Gasteiger partial charge in [-0.25, -0.2) is 16.8 Å². The molecule has 0 saturated carbocycles. The third-order valence-electron chi connectivity index (χ3n) is 5.11. The Balaban J connectivity index is 2.02. The third kappa shape index (κ3) is 7.34. The number of benzene rings is 2. The summed E-state index contributed by atoms with van der Waals surface area (Å²) in [5.41, 5.74) is 3.36. The van der Waals surface area contributed by atoms with Crippen molar-refractivity contribution in [3.05, 3.63) is 59.2 Å². The second-order valence-corrected chi connectivity index (χ2v) is 12.1. The zero-order valence-electron chi connectivity index (χ0n) is 19.3. The van der Waals surface area contributed by atoms with Crippen molar-refractivity contribution in [2.75, 3.05) is 23.4 Å². The van der Waals surface area contributed by atoms with Crippen LogP contribution >= 0.6 is 0 Å². The molecule has 2 rings (SSSR count). The van der Waals surface area contributed by atoms with Crippen LogP contribution in [0.15, 0.2) is 47.4 Å². The molecule has 32 heavy (non-hydrogen) atoms. The molecule has 1 atom stereocenters. The maximum absolute atomic E-state index is 12.5. The van der Waals surface area contributed by atoms with Crippen molar-refractivity contribution in [3.63, 3.8) is 0 Å². The fraction of sp³-hybridized carbons (Fsp3) is 0.435. The second-order valence-electron chi connectivity index (χ2n) is 8.15. The van der Waals surface area contributed by atoms with Gasteiger partial charge in [0.05, 0.1) is 22.9 Å². The molecule has 0 fully saturated rings. The van der Waals surface area contributed by atoms with Crippen molar-refractivity contribution < 1.29 is 21.6 Å². The first-order valence-electron chi connectivity index (χ1n) is 10.5. The monoisotopic (exact) mass is 480 g/mol. The van der Waals surface area contributed by atoms with Crippen LogP contribution in [0.5, 0.6) is 0 Å². The first kappa shape index (κ1) is 25.9. The average Bonchev–Trinajstić information content (AvgIpc) is 2.67. The Morgan fingerprint density at radius 3 is 2.00 bits per heavy atom. The minimum absolute atomic E-state index is 0.175. The van der Waals surface area contributed by atoms with E-state index in [9.17, 15) is 21.6 Å². The molecule has 0 radical (unpaired) electrons. The van der Waals surface area contributed by atoms with E-state index in [2.05, 4.69) is 5.32 Å². The van der Waals surface area contributed by atoms with Crippen molar-refractivity contribution in [2.24, 2.45) is 0 Å². The number of anilines is 1. The Labute approximate surface area is 191 Å². The summed E-state index contributed by atoms with van der Waals surface area (Å²) in [6.07, 6.45) is 3.50. The van der Waals surface area contributed by atoms with E-state index in [1.54, 1.807) is 12.1 Å². The van der Waals surface area contributed by atoms with Gasteiger partial charge in [0.1, 0.15) is 0 Å². The number of hydrogen-bond donors (Lipinski definition) is 1. The molecule has 2 aromatic rings. The SMILES string of the molecule is CC[C@H](NC(=O)CCCN(c1cc(C)cc(C)c1)S(C)(=O)=O)c1ccc(S(C)(=O)=O)cc1. The minimum atomic E-state index is -3.48. The molecule has 0 aliphatic heterocycles. The smallest absolute Gasteiger partial charge is 0.232 e. The molecule has 1 amide bonds. The summed E-state index contributed by atoms with van der Waals surface area (Å²) < 4.78 is 49.2. The van der Waals surface area contributed by atoms with E-state index >= 15 is 0 Å². The normalized spacial score (nSPS) is 12.9. The second kappa shape index (κ2) is 10.5. The van der Waals surface area contributed by atoms with Crippen LogP contribution in [0.4, 0.5) is 5.69 Å². The summed E-state index contributed by atoms with van der Waals surface area (Å²) >= 11 is 0. The number of nitrogens with zero attached hydrogens (tertiary/aromatic N) is 1. The molecule has 9 heteroatoms. The van der Waals surface area contributed by atoms with Gasteiger partial charge >= 0.3 is 0 Å². The molecule has 1 N–H and O–H groups in total. The van der Waals surface area contributed by atoms with Gasteiger partial charge in [0, 0.05) is 19.2 Å². The fourth-order valence-corrected chi connectivity index (χ4v) is 5.18. The van der Waals surface area contributed by atoms with Gasteiger partial charge in [-0.15, -0.1) is 0 Å². The topological polar surface area (TPSA) is 101 Å². The van der Waals surface area contributed by atoms with Crippen molar-refractivity contribution in [2.45, 2.75) is 51.0 Å². The number of carbonyl (C=O) groups is 1. The number of aryl methyl sites for hydroxylation is 2. The number of hydrogen-bond acceptors (Lipinski definition) is 5. The number of amides is 1. The lowest BCUT2D eigenvalue weighted by atomic mass is 10.0. The summed E-state index contributed by atoms with van der Waals surface area (Å²) in [5.74, 6) is -0.182. The van der Waals surface area contributed by atoms with Crippen LogP contribution in [-0.4, -0.2) is 41.8 Å². The Kier molecular flexibility index (Phi) is 8.47. The van der Waals surface area contributed by atoms with Gasteiger partial charge in [0.2, 0.25) is 15.9 Å². The lowest BCUT2D eigenvalue weighted by Crippen LogP contribution is -2.33. The van der Waals surface area contributed by atoms with Crippen LogP contribution in [0, 0.1) is 13.8 Å². The highest BCUT2D eigenvalue weighted by Crippen LogP contribution is 2.22. The Bertz CT molecular complexity index is 1140. The van der Waals surface area contributed by atoms with Crippen LogP contribution < -0.4 is 9.62 Å². The predicted octanol–water partition coefficient (Wildman–Crippen LogP) is 3.52. The zero-order chi connectivity index (χ0) is 24.1. The highest BCUT2D eigenvalue weighted by Gasteiger charge is 2.19. The summed E-state index contributed by atoms with van der Waals surface area (Å²) in [6.45, 7) is 5.96. The van der Waals surface area contributed by atoms with Crippen LogP contribution in [0.3, 0.4) is 0 Å². The first-order chi connectivity index (χ1) is 14.8. The highest BCUT2D eigenvalue weighted by atomic mass is 32.2. The third-order valence-corrected chi connectivity index (χ3v) is 7.44. The lowest BCUT2D eigenvalue weighted by Gasteiger charge is -2.23. The van der Waals surface area contributed by atoms with Crippen molar-refractivity contribution in [1.82, 2.24) is 5.32 Å².